The molecule has 0 aliphatic rings. The van der Waals surface area contributed by atoms with E-state index in [0.29, 0.717) is 6.54 Å². The Morgan fingerprint density at radius 3 is 2.81 bits per heavy atom. The lowest BCUT2D eigenvalue weighted by molar-refractivity contribution is 0.423. The molecule has 2 aromatic heterocycles. The zero-order valence-electron chi connectivity index (χ0n) is 15.2. The molecule has 136 valence electrons. The van der Waals surface area contributed by atoms with E-state index in [1.165, 1.54) is 4.88 Å². The van der Waals surface area contributed by atoms with Crippen LogP contribution in [0.4, 0.5) is 0 Å². The van der Waals surface area contributed by atoms with Crippen molar-refractivity contribution in [2.45, 2.75) is 19.9 Å². The summed E-state index contributed by atoms with van der Waals surface area (Å²) in [6, 6.07) is 16.2. The summed E-state index contributed by atoms with van der Waals surface area (Å²) in [7, 11) is 2.06. The van der Waals surface area contributed by atoms with Crippen LogP contribution >= 0.6 is 11.3 Å². The molecule has 0 fully saturated rings. The molecular formula is C20H24N4OS. The number of rotatable bonds is 7. The van der Waals surface area contributed by atoms with Crippen LogP contribution in [0, 0.1) is 0 Å². The second-order valence-corrected chi connectivity index (χ2v) is 7.00. The molecule has 0 bridgehead atoms. The number of thiophene rings is 1. The summed E-state index contributed by atoms with van der Waals surface area (Å²) in [5.74, 6) is 1.65. The average Bonchev–Trinajstić information content (AvgIpc) is 3.36. The molecule has 0 saturated carbocycles. The number of likely N-dealkylation sites (N-methyl/N-ethyl adjacent to an activating group) is 1. The van der Waals surface area contributed by atoms with Crippen molar-refractivity contribution in [2.75, 3.05) is 20.1 Å². The molecule has 2 heterocycles. The number of hydrogen-bond acceptors (Lipinski definition) is 4. The van der Waals surface area contributed by atoms with Crippen LogP contribution in [0.15, 0.2) is 63.4 Å². The highest BCUT2D eigenvalue weighted by Gasteiger charge is 2.09. The molecule has 0 aliphatic heterocycles. The summed E-state index contributed by atoms with van der Waals surface area (Å²) in [5, 5.41) is 9.60. The van der Waals surface area contributed by atoms with Crippen molar-refractivity contribution < 1.29 is 4.52 Å². The highest BCUT2D eigenvalue weighted by atomic mass is 32.1. The first kappa shape index (κ1) is 18.2. The van der Waals surface area contributed by atoms with Gasteiger partial charge in [-0.15, -0.1) is 11.3 Å². The predicted octanol–water partition coefficient (Wildman–Crippen LogP) is 4.04. The molecular weight excluding hydrogens is 344 g/mol. The van der Waals surface area contributed by atoms with E-state index in [-0.39, 0.29) is 0 Å². The molecule has 1 N–H and O–H groups in total. The minimum absolute atomic E-state index is 0.488. The van der Waals surface area contributed by atoms with Crippen LogP contribution in [0.1, 0.15) is 17.5 Å². The van der Waals surface area contributed by atoms with Crippen LogP contribution in [0.25, 0.3) is 11.3 Å². The average molecular weight is 369 g/mol. The van der Waals surface area contributed by atoms with Crippen LogP contribution in [0.2, 0.25) is 0 Å². The third kappa shape index (κ3) is 4.95. The molecule has 0 aliphatic carbocycles. The van der Waals surface area contributed by atoms with Gasteiger partial charge in [0.1, 0.15) is 5.69 Å². The molecule has 0 atom stereocenters. The van der Waals surface area contributed by atoms with Gasteiger partial charge in [0.05, 0.1) is 6.54 Å². The lowest BCUT2D eigenvalue weighted by Gasteiger charge is -2.21. The van der Waals surface area contributed by atoms with Crippen molar-refractivity contribution >= 4 is 17.3 Å². The quantitative estimate of drug-likeness (QED) is 0.505. The number of nitrogens with zero attached hydrogens (tertiary/aromatic N) is 3. The Bertz CT molecular complexity index is 811. The Labute approximate surface area is 158 Å². The van der Waals surface area contributed by atoms with Gasteiger partial charge in [0.15, 0.2) is 11.7 Å². The highest BCUT2D eigenvalue weighted by molar-refractivity contribution is 7.09. The van der Waals surface area contributed by atoms with Crippen LogP contribution < -0.4 is 5.32 Å². The molecule has 26 heavy (non-hydrogen) atoms. The fourth-order valence-electron chi connectivity index (χ4n) is 2.59. The topological polar surface area (TPSA) is 53.7 Å². The van der Waals surface area contributed by atoms with Gasteiger partial charge in [-0.2, -0.15) is 0 Å². The lowest BCUT2D eigenvalue weighted by atomic mass is 10.2. The standard InChI is InChI=1S/C20H24N4OS/c1-3-21-20(24(2)12-11-18-10-7-13-26-18)22-15-17-14-19(25-23-17)16-8-5-4-6-9-16/h4-10,13-14H,3,11-12,15H2,1-2H3,(H,21,22). The maximum atomic E-state index is 5.45. The lowest BCUT2D eigenvalue weighted by Crippen LogP contribution is -2.39. The van der Waals surface area contributed by atoms with Crippen molar-refractivity contribution in [3.63, 3.8) is 0 Å². The number of aromatic nitrogens is 1. The molecule has 0 radical (unpaired) electrons. The summed E-state index contributed by atoms with van der Waals surface area (Å²) in [4.78, 5) is 8.24. The predicted molar refractivity (Wildman–Crippen MR) is 107 cm³/mol. The van der Waals surface area contributed by atoms with E-state index >= 15 is 0 Å². The Hall–Kier alpha value is -2.60. The summed E-state index contributed by atoms with van der Waals surface area (Å²) in [6.45, 7) is 4.31. The van der Waals surface area contributed by atoms with Gasteiger partial charge < -0.3 is 14.7 Å². The SMILES string of the molecule is CCNC(=NCc1cc(-c2ccccc2)on1)N(C)CCc1cccs1. The normalized spacial score (nSPS) is 11.5. The van der Waals surface area contributed by atoms with Gasteiger partial charge in [-0.1, -0.05) is 41.6 Å². The second-order valence-electron chi connectivity index (χ2n) is 5.97. The van der Waals surface area contributed by atoms with Crippen molar-refractivity contribution in [1.82, 2.24) is 15.4 Å². The minimum Gasteiger partial charge on any atom is -0.357 e. The number of nitrogens with one attached hydrogen (secondary N) is 1. The first-order valence-corrected chi connectivity index (χ1v) is 9.67. The van der Waals surface area contributed by atoms with Gasteiger partial charge >= 0.3 is 0 Å². The van der Waals surface area contributed by atoms with E-state index < -0.39 is 0 Å². The van der Waals surface area contributed by atoms with E-state index in [1.807, 2.05) is 36.4 Å². The summed E-state index contributed by atoms with van der Waals surface area (Å²) >= 11 is 1.79. The van der Waals surface area contributed by atoms with E-state index in [4.69, 9.17) is 9.52 Å². The number of aliphatic imine (C=N–C) groups is 1. The van der Waals surface area contributed by atoms with Gasteiger partial charge in [0.2, 0.25) is 0 Å². The van der Waals surface area contributed by atoms with Gasteiger partial charge in [0, 0.05) is 36.6 Å². The van der Waals surface area contributed by atoms with E-state index in [0.717, 1.165) is 42.5 Å². The first-order chi connectivity index (χ1) is 12.8. The number of hydrogen-bond donors (Lipinski definition) is 1. The Balaban J connectivity index is 1.62. The maximum absolute atomic E-state index is 5.45. The van der Waals surface area contributed by atoms with Crippen molar-refractivity contribution in [3.05, 3.63) is 64.5 Å². The van der Waals surface area contributed by atoms with E-state index in [2.05, 4.69) is 46.9 Å². The monoisotopic (exact) mass is 368 g/mol. The summed E-state index contributed by atoms with van der Waals surface area (Å²) < 4.78 is 5.45. The molecule has 3 aromatic rings. The van der Waals surface area contributed by atoms with Crippen LogP contribution in [0.5, 0.6) is 0 Å². The Morgan fingerprint density at radius 2 is 2.08 bits per heavy atom. The smallest absolute Gasteiger partial charge is 0.194 e. The minimum atomic E-state index is 0.488. The second kappa shape index (κ2) is 9.20. The summed E-state index contributed by atoms with van der Waals surface area (Å²) in [6.07, 6.45) is 1.01. The molecule has 3 rings (SSSR count). The maximum Gasteiger partial charge on any atom is 0.194 e. The van der Waals surface area contributed by atoms with Crippen LogP contribution in [-0.2, 0) is 13.0 Å². The van der Waals surface area contributed by atoms with Gasteiger partial charge in [-0.3, -0.25) is 0 Å². The Morgan fingerprint density at radius 1 is 1.23 bits per heavy atom. The third-order valence-corrected chi connectivity index (χ3v) is 4.91. The van der Waals surface area contributed by atoms with Gasteiger partial charge in [-0.25, -0.2) is 4.99 Å². The summed E-state index contributed by atoms with van der Waals surface area (Å²) in [5.41, 5.74) is 1.85. The van der Waals surface area contributed by atoms with E-state index in [1.54, 1.807) is 11.3 Å². The van der Waals surface area contributed by atoms with Crippen LogP contribution in [-0.4, -0.2) is 36.2 Å². The van der Waals surface area contributed by atoms with Crippen molar-refractivity contribution in [3.8, 4) is 11.3 Å². The van der Waals surface area contributed by atoms with Crippen molar-refractivity contribution in [1.29, 1.82) is 0 Å². The third-order valence-electron chi connectivity index (χ3n) is 3.98. The molecule has 0 amide bonds. The molecule has 0 saturated heterocycles. The zero-order chi connectivity index (χ0) is 18.2. The number of guanidine groups is 1. The molecule has 5 nitrogen and oxygen atoms in total. The molecule has 1 aromatic carbocycles. The fourth-order valence-corrected chi connectivity index (χ4v) is 3.29. The molecule has 6 heteroatoms. The Kier molecular flexibility index (Phi) is 6.44. The highest BCUT2D eigenvalue weighted by Crippen LogP contribution is 2.20. The largest absolute Gasteiger partial charge is 0.357 e. The fraction of sp³-hybridized carbons (Fsp3) is 0.300. The zero-order valence-corrected chi connectivity index (χ0v) is 16.0. The van der Waals surface area contributed by atoms with Crippen LogP contribution in [0.3, 0.4) is 0 Å². The van der Waals surface area contributed by atoms with Gasteiger partial charge in [0.25, 0.3) is 0 Å². The first-order valence-electron chi connectivity index (χ1n) is 8.79. The molecule has 0 unspecified atom stereocenters. The van der Waals surface area contributed by atoms with E-state index in [9.17, 15) is 0 Å². The molecule has 0 spiro atoms. The van der Waals surface area contributed by atoms with Crippen molar-refractivity contribution in [2.24, 2.45) is 4.99 Å². The number of benzene rings is 1. The van der Waals surface area contributed by atoms with Gasteiger partial charge in [-0.05, 0) is 24.8 Å².